The number of thioether (sulfide) groups is 1. The summed E-state index contributed by atoms with van der Waals surface area (Å²) >= 11 is 7.01. The van der Waals surface area contributed by atoms with Crippen molar-refractivity contribution in [2.45, 2.75) is 49.8 Å². The van der Waals surface area contributed by atoms with E-state index in [2.05, 4.69) is 11.2 Å². The highest BCUT2D eigenvalue weighted by Crippen LogP contribution is 2.35. The van der Waals surface area contributed by atoms with E-state index in [4.69, 9.17) is 18.0 Å². The van der Waals surface area contributed by atoms with Crippen molar-refractivity contribution in [3.63, 3.8) is 0 Å². The summed E-state index contributed by atoms with van der Waals surface area (Å²) in [6, 6.07) is -0.0192. The molecule has 0 aromatic rings. The van der Waals surface area contributed by atoms with Crippen LogP contribution in [0.4, 0.5) is 0 Å². The second-order valence-electron chi connectivity index (χ2n) is 6.16. The Hall–Kier alpha value is -0.330. The van der Waals surface area contributed by atoms with Gasteiger partial charge in [-0.15, -0.1) is 0 Å². The predicted octanol–water partition coefficient (Wildman–Crippen LogP) is 1.87. The molecule has 0 spiro atoms. The summed E-state index contributed by atoms with van der Waals surface area (Å²) in [4.78, 5) is 17.5. The van der Waals surface area contributed by atoms with Crippen molar-refractivity contribution in [2.75, 3.05) is 32.4 Å². The van der Waals surface area contributed by atoms with Crippen LogP contribution < -0.4 is 5.73 Å². The van der Waals surface area contributed by atoms with E-state index < -0.39 is 0 Å². The summed E-state index contributed by atoms with van der Waals surface area (Å²) in [5, 5.41) is 0. The Bertz CT molecular complexity index is 388. The van der Waals surface area contributed by atoms with Crippen LogP contribution in [0.3, 0.4) is 0 Å². The topological polar surface area (TPSA) is 49.6 Å². The molecule has 1 unspecified atom stereocenters. The first kappa shape index (κ1) is 17.0. The van der Waals surface area contributed by atoms with Crippen LogP contribution >= 0.6 is 24.0 Å². The second-order valence-corrected chi connectivity index (χ2v) is 7.79. The number of piperidine rings is 2. The lowest BCUT2D eigenvalue weighted by Crippen LogP contribution is -2.55. The molecule has 1 atom stereocenters. The summed E-state index contributed by atoms with van der Waals surface area (Å²) in [6.45, 7) is 5.71. The van der Waals surface area contributed by atoms with Crippen LogP contribution in [0.15, 0.2) is 0 Å². The minimum absolute atomic E-state index is 0.0192. The molecule has 2 fully saturated rings. The zero-order valence-electron chi connectivity index (χ0n) is 13.1. The van der Waals surface area contributed by atoms with Gasteiger partial charge < -0.3 is 10.6 Å². The van der Waals surface area contributed by atoms with Gasteiger partial charge in [-0.1, -0.05) is 12.2 Å². The molecular weight excluding hydrogens is 302 g/mol. The smallest absolute Gasteiger partial charge is 0.239 e. The van der Waals surface area contributed by atoms with Crippen molar-refractivity contribution in [3.8, 4) is 0 Å². The number of amides is 1. The molecule has 4 nitrogen and oxygen atoms in total. The van der Waals surface area contributed by atoms with Gasteiger partial charge in [-0.25, -0.2) is 0 Å². The third-order valence-electron chi connectivity index (χ3n) is 5.02. The molecular formula is C15H27N3OS2. The Kier molecular flexibility index (Phi) is 5.91. The molecule has 2 aliphatic rings. The van der Waals surface area contributed by atoms with Gasteiger partial charge in [0.25, 0.3) is 0 Å². The number of nitrogens with zero attached hydrogens (tertiary/aromatic N) is 2. The van der Waals surface area contributed by atoms with Crippen LogP contribution in [0, 0.1) is 0 Å². The molecule has 0 aliphatic carbocycles. The van der Waals surface area contributed by atoms with E-state index in [1.165, 1.54) is 6.42 Å². The Morgan fingerprint density at radius 1 is 1.19 bits per heavy atom. The van der Waals surface area contributed by atoms with E-state index in [1.54, 1.807) is 11.8 Å². The van der Waals surface area contributed by atoms with Crippen LogP contribution in [-0.4, -0.2) is 63.9 Å². The Labute approximate surface area is 137 Å². The fourth-order valence-electron chi connectivity index (χ4n) is 3.36. The maximum Gasteiger partial charge on any atom is 0.239 e. The predicted molar refractivity (Wildman–Crippen MR) is 93.7 cm³/mol. The van der Waals surface area contributed by atoms with Crippen molar-refractivity contribution in [2.24, 2.45) is 5.73 Å². The van der Waals surface area contributed by atoms with Gasteiger partial charge >= 0.3 is 0 Å². The van der Waals surface area contributed by atoms with Gasteiger partial charge in [-0.05, 0) is 45.3 Å². The zero-order chi connectivity index (χ0) is 15.5. The van der Waals surface area contributed by atoms with Crippen LogP contribution in [0.25, 0.3) is 0 Å². The van der Waals surface area contributed by atoms with Crippen LogP contribution in [0.2, 0.25) is 0 Å². The number of thiocarbonyl (C=S) groups is 1. The standard InChI is InChI=1S/C15H27N3OS2/c1-12(13(19)18-8-4-3-5-9-18)17-10-6-15(21-2,7-11-17)14(16)20/h12H,3-11H2,1-2H3,(H2,16,20). The lowest BCUT2D eigenvalue weighted by molar-refractivity contribution is -0.137. The fourth-order valence-corrected chi connectivity index (χ4v) is 4.60. The maximum atomic E-state index is 12.6. The first-order chi connectivity index (χ1) is 10.00. The highest BCUT2D eigenvalue weighted by Gasteiger charge is 2.39. The first-order valence-electron chi connectivity index (χ1n) is 7.88. The molecule has 0 saturated carbocycles. The van der Waals surface area contributed by atoms with E-state index in [9.17, 15) is 4.79 Å². The van der Waals surface area contributed by atoms with Crippen molar-refractivity contribution in [1.29, 1.82) is 0 Å². The van der Waals surface area contributed by atoms with Crippen LogP contribution in [-0.2, 0) is 4.79 Å². The molecule has 6 heteroatoms. The van der Waals surface area contributed by atoms with E-state index in [-0.39, 0.29) is 10.8 Å². The molecule has 2 rings (SSSR count). The number of rotatable bonds is 4. The monoisotopic (exact) mass is 329 g/mol. The number of likely N-dealkylation sites (tertiary alicyclic amines) is 2. The molecule has 21 heavy (non-hydrogen) atoms. The number of carbonyl (C=O) groups is 1. The fraction of sp³-hybridized carbons (Fsp3) is 0.867. The number of carbonyl (C=O) groups excluding carboxylic acids is 1. The van der Waals surface area contributed by atoms with Gasteiger partial charge in [0.1, 0.15) is 0 Å². The van der Waals surface area contributed by atoms with Crippen molar-refractivity contribution >= 4 is 34.9 Å². The molecule has 0 aromatic heterocycles. The molecule has 0 bridgehead atoms. The van der Waals surface area contributed by atoms with E-state index in [0.717, 1.165) is 51.9 Å². The first-order valence-corrected chi connectivity index (χ1v) is 9.51. The van der Waals surface area contributed by atoms with Gasteiger partial charge in [0.15, 0.2) is 0 Å². The van der Waals surface area contributed by atoms with Gasteiger partial charge in [0.05, 0.1) is 15.8 Å². The second kappa shape index (κ2) is 7.29. The van der Waals surface area contributed by atoms with Crippen molar-refractivity contribution in [1.82, 2.24) is 9.80 Å². The quantitative estimate of drug-likeness (QED) is 0.798. The summed E-state index contributed by atoms with van der Waals surface area (Å²) < 4.78 is -0.0697. The Morgan fingerprint density at radius 2 is 1.76 bits per heavy atom. The highest BCUT2D eigenvalue weighted by molar-refractivity contribution is 8.02. The van der Waals surface area contributed by atoms with Crippen molar-refractivity contribution < 1.29 is 4.79 Å². The average Bonchev–Trinajstić information content (AvgIpc) is 2.54. The molecule has 2 aliphatic heterocycles. The zero-order valence-corrected chi connectivity index (χ0v) is 14.8. The lowest BCUT2D eigenvalue weighted by atomic mass is 9.94. The summed E-state index contributed by atoms with van der Waals surface area (Å²) in [6.07, 6.45) is 7.52. The molecule has 2 heterocycles. The van der Waals surface area contributed by atoms with Gasteiger partial charge in [0.2, 0.25) is 5.91 Å². The Morgan fingerprint density at radius 3 is 2.24 bits per heavy atom. The molecule has 2 saturated heterocycles. The molecule has 1 amide bonds. The summed E-state index contributed by atoms with van der Waals surface area (Å²) in [5.74, 6) is 0.293. The maximum absolute atomic E-state index is 12.6. The van der Waals surface area contributed by atoms with E-state index in [1.807, 2.05) is 11.8 Å². The number of hydrogen-bond acceptors (Lipinski definition) is 4. The summed E-state index contributed by atoms with van der Waals surface area (Å²) in [5.41, 5.74) is 5.93. The third-order valence-corrected chi connectivity index (χ3v) is 6.95. The van der Waals surface area contributed by atoms with E-state index >= 15 is 0 Å². The minimum atomic E-state index is -0.0697. The highest BCUT2D eigenvalue weighted by atomic mass is 32.2. The largest absolute Gasteiger partial charge is 0.392 e. The molecule has 0 radical (unpaired) electrons. The molecule has 0 aromatic carbocycles. The molecule has 120 valence electrons. The van der Waals surface area contributed by atoms with Gasteiger partial charge in [-0.2, -0.15) is 11.8 Å². The SMILES string of the molecule is CSC1(C(N)=S)CCN(C(C)C(=O)N2CCCCC2)CC1. The number of nitrogens with two attached hydrogens (primary N) is 1. The number of hydrogen-bond donors (Lipinski definition) is 1. The average molecular weight is 330 g/mol. The Balaban J connectivity index is 1.91. The van der Waals surface area contributed by atoms with Gasteiger partial charge in [-0.3, -0.25) is 9.69 Å². The van der Waals surface area contributed by atoms with Crippen LogP contribution in [0.1, 0.15) is 39.0 Å². The minimum Gasteiger partial charge on any atom is -0.392 e. The normalized spacial score (nSPS) is 24.6. The molecule has 2 N–H and O–H groups in total. The van der Waals surface area contributed by atoms with Crippen LogP contribution in [0.5, 0.6) is 0 Å². The van der Waals surface area contributed by atoms with E-state index in [0.29, 0.717) is 10.9 Å². The lowest BCUT2D eigenvalue weighted by Gasteiger charge is -2.43. The van der Waals surface area contributed by atoms with Crippen molar-refractivity contribution in [3.05, 3.63) is 0 Å². The van der Waals surface area contributed by atoms with Gasteiger partial charge in [0, 0.05) is 26.2 Å². The third kappa shape index (κ3) is 3.71. The summed E-state index contributed by atoms with van der Waals surface area (Å²) in [7, 11) is 0.